The maximum atomic E-state index is 15.4. The number of carbonyl (C=O) groups is 11. The number of nitrogens with one attached hydrogen (secondary N) is 5. The molecule has 1 fully saturated rings. The minimum absolute atomic E-state index is 0.0247. The third kappa shape index (κ3) is 26.4. The number of nitrogens with zero attached hydrogens (tertiary/aromatic N) is 7. The van der Waals surface area contributed by atoms with Crippen LogP contribution in [0.3, 0.4) is 0 Å². The van der Waals surface area contributed by atoms with Gasteiger partial charge in [-0.15, -0.1) is 0 Å². The van der Waals surface area contributed by atoms with Crippen molar-refractivity contribution in [2.75, 3.05) is 67.4 Å². The number of rotatable bonds is 23. The molecule has 7 N–H and O–H groups in total. The van der Waals surface area contributed by atoms with Gasteiger partial charge in [0, 0.05) is 67.5 Å². The van der Waals surface area contributed by atoms with Crippen LogP contribution in [0.5, 0.6) is 0 Å². The summed E-state index contributed by atoms with van der Waals surface area (Å²) in [6.07, 6.45) is 3.94. The second-order valence-corrected chi connectivity index (χ2v) is 30.7. The first-order valence-corrected chi connectivity index (χ1v) is 35.9. The van der Waals surface area contributed by atoms with E-state index >= 15 is 28.8 Å². The predicted molar refractivity (Wildman–Crippen MR) is 379 cm³/mol. The van der Waals surface area contributed by atoms with E-state index in [9.17, 15) is 34.2 Å². The summed E-state index contributed by atoms with van der Waals surface area (Å²) < 4.78 is 0. The van der Waals surface area contributed by atoms with Gasteiger partial charge in [-0.05, 0) is 127 Å². The van der Waals surface area contributed by atoms with E-state index in [4.69, 9.17) is 0 Å². The highest BCUT2D eigenvalue weighted by Gasteiger charge is 2.47. The molecule has 1 aliphatic rings. The van der Waals surface area contributed by atoms with Crippen molar-refractivity contribution in [1.29, 1.82) is 0 Å². The average molecular weight is 1380 g/mol. The zero-order valence-corrected chi connectivity index (χ0v) is 64.1. The fourth-order valence-electron chi connectivity index (χ4n) is 11.9. The zero-order chi connectivity index (χ0) is 74.3. The van der Waals surface area contributed by atoms with Crippen LogP contribution in [0, 0.1) is 35.5 Å². The van der Waals surface area contributed by atoms with Crippen LogP contribution >= 0.6 is 11.8 Å². The molecule has 0 radical (unpaired) electrons. The van der Waals surface area contributed by atoms with Gasteiger partial charge in [-0.1, -0.05) is 109 Å². The lowest BCUT2D eigenvalue weighted by atomic mass is 9.91. The Morgan fingerprint density at radius 2 is 0.958 bits per heavy atom. The highest BCUT2D eigenvalue weighted by molar-refractivity contribution is 7.99. The number of thioether (sulfide) groups is 1. The van der Waals surface area contributed by atoms with Gasteiger partial charge in [-0.2, -0.15) is 11.8 Å². The second-order valence-electron chi connectivity index (χ2n) is 29.6. The standard InChI is InChI=1S/C70H128N12O13S/c1-27-29-32-46(15)58(83)57-62(87)74-49(28-2)64(89)80(24)54(39-96-34-31-30-33-71-45(13)14)67(92)79(23)53(38-70(18,19)95)61(86)75-55(43(9)10)68(93)76(20)50(35-40(3)4)60(85)72-47(16)59(84)73-48(17)63(88)77(21)51(36-41(5)6)65(90)78(22)52(37-42(7)8)66(91)81(25)56(44(11)12)69(94)82(57)26/h27,29,40-58,71,83,95H,28,30-39H2,1-26H3,(H,72,85)(H,73,84)(H,74,87)(H,75,86)/b29-27+/t46-,47+,48-,49+,50+,51+,52+,53+,54-,55+,56+,57+,58-/m1/s1. The Morgan fingerprint density at radius 1 is 0.510 bits per heavy atom. The molecule has 1 heterocycles. The third-order valence-electron chi connectivity index (χ3n) is 17.9. The molecule has 0 aromatic heterocycles. The fourth-order valence-corrected chi connectivity index (χ4v) is 13.1. The van der Waals surface area contributed by atoms with E-state index < -0.39 is 161 Å². The first-order chi connectivity index (χ1) is 44.3. The van der Waals surface area contributed by atoms with E-state index in [0.717, 1.165) is 29.2 Å². The molecule has 96 heavy (non-hydrogen) atoms. The molecule has 25 nitrogen and oxygen atoms in total. The van der Waals surface area contributed by atoms with Gasteiger partial charge in [0.1, 0.15) is 66.5 Å². The lowest BCUT2D eigenvalue weighted by Gasteiger charge is -2.41. The summed E-state index contributed by atoms with van der Waals surface area (Å²) in [4.78, 5) is 173. The van der Waals surface area contributed by atoms with Crippen molar-refractivity contribution < 1.29 is 63.0 Å². The summed E-state index contributed by atoms with van der Waals surface area (Å²) in [5, 5.41) is 38.2. The van der Waals surface area contributed by atoms with E-state index in [1.165, 1.54) is 113 Å². The molecule has 0 saturated carbocycles. The SMILES string of the molecule is C/C=C/C[C@@H](C)[C@@H](O)[C@H]1C(=O)N[C@@H](CC)C(=O)N(C)[C@H](CSCCCCNC(C)C)C(=O)N(C)[C@@H](CC(C)(C)O)C(=O)N[C@@H](C(C)C)C(=O)N(C)[C@@H](CC(C)C)C(=O)N[C@@H](C)C(=O)N[C@H](C)C(=O)N(C)[C@@H](CC(C)C)C(=O)N(C)[C@@H](CC(C)C)C(=O)N(C)[C@@H](C(C)C)C(=O)N1C. The number of unbranched alkanes of at least 4 members (excludes halogenated alkanes) is 1. The molecule has 1 saturated heterocycles. The van der Waals surface area contributed by atoms with E-state index in [1.54, 1.807) is 54.5 Å². The number of carbonyl (C=O) groups excluding carboxylic acids is 11. The van der Waals surface area contributed by atoms with Gasteiger partial charge in [0.25, 0.3) is 0 Å². The molecule has 13 atom stereocenters. The van der Waals surface area contributed by atoms with Crippen LogP contribution in [0.25, 0.3) is 0 Å². The van der Waals surface area contributed by atoms with Crippen LogP contribution in [-0.4, -0.2) is 261 Å². The molecule has 11 amide bonds. The normalized spacial score (nSPS) is 26.2. The average Bonchev–Trinajstić information content (AvgIpc) is 0.810. The minimum Gasteiger partial charge on any atom is -0.390 e. The van der Waals surface area contributed by atoms with Crippen LogP contribution in [-0.2, 0) is 52.7 Å². The summed E-state index contributed by atoms with van der Waals surface area (Å²) in [5.41, 5.74) is -1.58. The summed E-state index contributed by atoms with van der Waals surface area (Å²) in [7, 11) is 9.90. The number of aliphatic hydroxyl groups excluding tert-OH is 1. The summed E-state index contributed by atoms with van der Waals surface area (Å²) in [5.74, 6) is -9.64. The molecule has 0 aromatic carbocycles. The smallest absolute Gasteiger partial charge is 0.246 e. The van der Waals surface area contributed by atoms with Crippen LogP contribution in [0.4, 0.5) is 0 Å². The molecule has 552 valence electrons. The first-order valence-electron chi connectivity index (χ1n) is 34.7. The highest BCUT2D eigenvalue weighted by atomic mass is 32.2. The fraction of sp³-hybridized carbons (Fsp3) is 0.814. The van der Waals surface area contributed by atoms with Crippen molar-refractivity contribution in [3.63, 3.8) is 0 Å². The number of likely N-dealkylation sites (N-methyl/N-ethyl adjacent to an activating group) is 7. The number of aliphatic hydroxyl groups is 2. The van der Waals surface area contributed by atoms with E-state index in [2.05, 4.69) is 26.6 Å². The minimum atomic E-state index is -1.66. The first kappa shape index (κ1) is 88.2. The Kier molecular flexibility index (Phi) is 37.5. The van der Waals surface area contributed by atoms with Crippen LogP contribution in [0.2, 0.25) is 0 Å². The summed E-state index contributed by atoms with van der Waals surface area (Å²) in [6, 6.07) is -14.1. The number of amides is 11. The van der Waals surface area contributed by atoms with Crippen molar-refractivity contribution in [1.82, 2.24) is 60.9 Å². The molecular weight excluding hydrogens is 1250 g/mol. The van der Waals surface area contributed by atoms with Crippen molar-refractivity contribution >= 4 is 76.7 Å². The number of hydrogen-bond acceptors (Lipinski definition) is 15. The summed E-state index contributed by atoms with van der Waals surface area (Å²) in [6.45, 7) is 33.8. The van der Waals surface area contributed by atoms with Gasteiger partial charge in [-0.25, -0.2) is 0 Å². The quantitative estimate of drug-likeness (QED) is 0.0555. The molecule has 1 rings (SSSR count). The van der Waals surface area contributed by atoms with Crippen molar-refractivity contribution in [3.8, 4) is 0 Å². The molecular formula is C70H128N12O13S. The van der Waals surface area contributed by atoms with Crippen LogP contribution in [0.1, 0.15) is 183 Å². The maximum Gasteiger partial charge on any atom is 0.246 e. The molecule has 0 unspecified atom stereocenters. The van der Waals surface area contributed by atoms with Crippen LogP contribution < -0.4 is 26.6 Å². The van der Waals surface area contributed by atoms with Gasteiger partial charge in [-0.3, -0.25) is 52.7 Å². The van der Waals surface area contributed by atoms with E-state index in [1.807, 2.05) is 61.5 Å². The Labute approximate surface area is 580 Å². The summed E-state index contributed by atoms with van der Waals surface area (Å²) >= 11 is 1.41. The zero-order valence-electron chi connectivity index (χ0n) is 63.3. The molecule has 1 aliphatic heterocycles. The monoisotopic (exact) mass is 1380 g/mol. The van der Waals surface area contributed by atoms with E-state index in [-0.39, 0.29) is 68.1 Å². The van der Waals surface area contributed by atoms with Gasteiger partial charge in [0.15, 0.2) is 0 Å². The molecule has 26 heteroatoms. The van der Waals surface area contributed by atoms with Crippen molar-refractivity contribution in [2.24, 2.45) is 35.5 Å². The Balaban J connectivity index is 4.56. The Bertz CT molecular complexity index is 2600. The number of allylic oxidation sites excluding steroid dienone is 2. The van der Waals surface area contributed by atoms with Gasteiger partial charge in [0.2, 0.25) is 65.0 Å². The third-order valence-corrected chi connectivity index (χ3v) is 19.1. The maximum absolute atomic E-state index is 15.4. The Hall–Kier alpha value is -5.86. The van der Waals surface area contributed by atoms with Gasteiger partial charge in [0.05, 0.1) is 11.7 Å². The second kappa shape index (κ2) is 40.9. The van der Waals surface area contributed by atoms with Crippen molar-refractivity contribution in [3.05, 3.63) is 12.2 Å². The molecule has 0 aromatic rings. The lowest BCUT2D eigenvalue weighted by Crippen LogP contribution is -2.64. The topological polar surface area (TPSA) is 311 Å². The Morgan fingerprint density at radius 3 is 1.44 bits per heavy atom. The molecule has 0 spiro atoms. The van der Waals surface area contributed by atoms with Crippen molar-refractivity contribution in [2.45, 2.75) is 267 Å². The highest BCUT2D eigenvalue weighted by Crippen LogP contribution is 2.27. The van der Waals surface area contributed by atoms with E-state index in [0.29, 0.717) is 5.75 Å². The molecule has 0 bridgehead atoms. The number of hydrogen-bond donors (Lipinski definition) is 7. The van der Waals surface area contributed by atoms with Gasteiger partial charge < -0.3 is 71.1 Å². The lowest BCUT2D eigenvalue weighted by molar-refractivity contribution is -0.157. The predicted octanol–water partition coefficient (Wildman–Crippen LogP) is 4.26. The van der Waals surface area contributed by atoms with Gasteiger partial charge >= 0.3 is 0 Å². The van der Waals surface area contributed by atoms with Crippen LogP contribution in [0.15, 0.2) is 12.2 Å². The molecule has 0 aliphatic carbocycles. The largest absolute Gasteiger partial charge is 0.390 e.